The zero-order valence-corrected chi connectivity index (χ0v) is 18.1. The Balaban J connectivity index is 1.38. The number of carbonyl (C=O) groups excluding carboxylic acids is 3. The van der Waals surface area contributed by atoms with Crippen LogP contribution < -0.4 is 15.5 Å². The third-order valence-electron chi connectivity index (χ3n) is 5.81. The minimum absolute atomic E-state index is 0.00873. The molecule has 0 radical (unpaired) electrons. The van der Waals surface area contributed by atoms with E-state index in [0.29, 0.717) is 10.7 Å². The van der Waals surface area contributed by atoms with Crippen LogP contribution in [0.3, 0.4) is 0 Å². The highest BCUT2D eigenvalue weighted by Gasteiger charge is 2.47. The molecule has 4 amide bonds. The van der Waals surface area contributed by atoms with Crippen molar-refractivity contribution in [1.82, 2.24) is 15.6 Å². The van der Waals surface area contributed by atoms with Gasteiger partial charge in [-0.25, -0.2) is 9.69 Å². The predicted octanol–water partition coefficient (Wildman–Crippen LogP) is 3.17. The van der Waals surface area contributed by atoms with Crippen molar-refractivity contribution in [3.63, 3.8) is 0 Å². The van der Waals surface area contributed by atoms with Crippen molar-refractivity contribution in [2.75, 3.05) is 11.9 Å². The van der Waals surface area contributed by atoms with Crippen molar-refractivity contribution >= 4 is 51.8 Å². The van der Waals surface area contributed by atoms with Crippen molar-refractivity contribution < 1.29 is 14.4 Å². The van der Waals surface area contributed by atoms with Crippen molar-refractivity contribution in [1.29, 1.82) is 0 Å². The molecule has 5 rings (SSSR count). The van der Waals surface area contributed by atoms with Gasteiger partial charge in [-0.15, -0.1) is 11.8 Å². The van der Waals surface area contributed by atoms with Gasteiger partial charge in [0, 0.05) is 34.7 Å². The van der Waals surface area contributed by atoms with Crippen LogP contribution in [0.1, 0.15) is 23.5 Å². The highest BCUT2D eigenvalue weighted by atomic mass is 35.5. The standard InChI is InChI=1S/C22H19ClN4O3S/c1-24-20(28)15-7-14(15)11-6-12(10-25-9-11)27-21(29)19-17(26-22(27)30)8-18(31-19)13-4-2-3-5-16(13)23/h2-6,8-10,14-15,17,19H,7H2,1H3,(H,24,28)(H,26,30)/t14-,15+,17?,19?/m1/s1. The summed E-state index contributed by atoms with van der Waals surface area (Å²) < 4.78 is 0. The average Bonchev–Trinajstić information content (AvgIpc) is 3.46. The fourth-order valence-corrected chi connectivity index (χ4v) is 5.72. The van der Waals surface area contributed by atoms with Crippen molar-refractivity contribution in [2.24, 2.45) is 5.92 Å². The molecule has 2 unspecified atom stereocenters. The average molecular weight is 455 g/mol. The number of urea groups is 1. The summed E-state index contributed by atoms with van der Waals surface area (Å²) in [7, 11) is 1.61. The van der Waals surface area contributed by atoms with Crippen LogP contribution in [0.2, 0.25) is 5.02 Å². The topological polar surface area (TPSA) is 91.4 Å². The van der Waals surface area contributed by atoms with Gasteiger partial charge in [-0.2, -0.15) is 0 Å². The number of amides is 4. The minimum Gasteiger partial charge on any atom is -0.359 e. The van der Waals surface area contributed by atoms with E-state index in [2.05, 4.69) is 15.6 Å². The number of nitrogens with zero attached hydrogens (tertiary/aromatic N) is 2. The van der Waals surface area contributed by atoms with Gasteiger partial charge in [0.15, 0.2) is 0 Å². The first-order valence-electron chi connectivity index (χ1n) is 9.92. The summed E-state index contributed by atoms with van der Waals surface area (Å²) in [6.07, 6.45) is 5.81. The van der Waals surface area contributed by atoms with Crippen molar-refractivity contribution in [3.8, 4) is 0 Å². The molecule has 158 valence electrons. The summed E-state index contributed by atoms with van der Waals surface area (Å²) in [4.78, 5) is 44.2. The molecule has 1 aromatic carbocycles. The third kappa shape index (κ3) is 3.49. The number of pyridine rings is 1. The summed E-state index contributed by atoms with van der Waals surface area (Å²) >= 11 is 7.71. The highest BCUT2D eigenvalue weighted by molar-refractivity contribution is 8.09. The molecule has 2 N–H and O–H groups in total. The van der Waals surface area contributed by atoms with E-state index in [1.807, 2.05) is 24.3 Å². The van der Waals surface area contributed by atoms with E-state index in [0.717, 1.165) is 27.4 Å². The molecule has 2 fully saturated rings. The van der Waals surface area contributed by atoms with Crippen LogP contribution >= 0.6 is 23.4 Å². The number of aromatic nitrogens is 1. The number of hydrogen-bond acceptors (Lipinski definition) is 5. The Hall–Kier alpha value is -2.84. The van der Waals surface area contributed by atoms with E-state index in [9.17, 15) is 14.4 Å². The number of carbonyl (C=O) groups is 3. The lowest BCUT2D eigenvalue weighted by molar-refractivity contribution is -0.122. The van der Waals surface area contributed by atoms with Gasteiger partial charge < -0.3 is 10.6 Å². The van der Waals surface area contributed by atoms with Crippen LogP contribution in [0.5, 0.6) is 0 Å². The summed E-state index contributed by atoms with van der Waals surface area (Å²) in [5, 5.41) is 5.69. The van der Waals surface area contributed by atoms with Gasteiger partial charge >= 0.3 is 6.03 Å². The van der Waals surface area contributed by atoms with Crippen molar-refractivity contribution in [2.45, 2.75) is 23.6 Å². The summed E-state index contributed by atoms with van der Waals surface area (Å²) in [6.45, 7) is 0. The molecule has 1 aliphatic carbocycles. The third-order valence-corrected chi connectivity index (χ3v) is 7.50. The first-order chi connectivity index (χ1) is 15.0. The molecule has 31 heavy (non-hydrogen) atoms. The fraction of sp³-hybridized carbons (Fsp3) is 0.273. The first-order valence-corrected chi connectivity index (χ1v) is 11.2. The normalized spacial score (nSPS) is 26.8. The summed E-state index contributed by atoms with van der Waals surface area (Å²) in [5.74, 6) is -0.345. The number of halogens is 1. The molecule has 3 heterocycles. The number of benzene rings is 1. The Kier molecular flexibility index (Phi) is 4.98. The number of hydrogen-bond donors (Lipinski definition) is 2. The lowest BCUT2D eigenvalue weighted by atomic mass is 10.1. The zero-order chi connectivity index (χ0) is 21.7. The van der Waals surface area contributed by atoms with Gasteiger partial charge in [0.25, 0.3) is 5.91 Å². The van der Waals surface area contributed by atoms with Gasteiger partial charge in [0.05, 0.1) is 17.9 Å². The second kappa shape index (κ2) is 7.69. The molecule has 1 saturated heterocycles. The molecule has 2 aliphatic heterocycles. The lowest BCUT2D eigenvalue weighted by Gasteiger charge is -2.33. The number of anilines is 1. The molecule has 9 heteroatoms. The molecular weight excluding hydrogens is 436 g/mol. The van der Waals surface area contributed by atoms with Crippen LogP contribution in [0.4, 0.5) is 10.5 Å². The fourth-order valence-electron chi connectivity index (χ4n) is 4.12. The summed E-state index contributed by atoms with van der Waals surface area (Å²) in [6, 6.07) is 8.33. The Morgan fingerprint density at radius 3 is 2.87 bits per heavy atom. The van der Waals surface area contributed by atoms with E-state index in [1.54, 1.807) is 25.4 Å². The zero-order valence-electron chi connectivity index (χ0n) is 16.5. The summed E-state index contributed by atoms with van der Waals surface area (Å²) in [5.41, 5.74) is 2.10. The molecule has 1 aromatic heterocycles. The number of thioether (sulfide) groups is 1. The molecule has 7 nitrogen and oxygen atoms in total. The minimum atomic E-state index is -0.485. The van der Waals surface area contributed by atoms with E-state index in [-0.39, 0.29) is 23.7 Å². The van der Waals surface area contributed by atoms with E-state index < -0.39 is 17.3 Å². The molecule has 4 atom stereocenters. The van der Waals surface area contributed by atoms with Crippen molar-refractivity contribution in [3.05, 3.63) is 65.0 Å². The van der Waals surface area contributed by atoms with Gasteiger partial charge in [-0.05, 0) is 36.1 Å². The lowest BCUT2D eigenvalue weighted by Crippen LogP contribution is -2.60. The number of imide groups is 1. The Labute approximate surface area is 188 Å². The maximum absolute atomic E-state index is 13.3. The number of nitrogens with one attached hydrogen (secondary N) is 2. The van der Waals surface area contributed by atoms with Crippen LogP contribution in [0.25, 0.3) is 4.91 Å². The SMILES string of the molecule is CNC(=O)[C@H]1C[C@@H]1c1cncc(N2C(=O)NC3C=C(c4ccccc4Cl)SC3C2=O)c1. The first kappa shape index (κ1) is 20.1. The molecule has 1 saturated carbocycles. The Bertz CT molecular complexity index is 1140. The maximum atomic E-state index is 13.3. The van der Waals surface area contributed by atoms with E-state index in [4.69, 9.17) is 11.6 Å². The molecule has 3 aliphatic rings. The number of rotatable bonds is 4. The largest absolute Gasteiger partial charge is 0.359 e. The van der Waals surface area contributed by atoms with Crippen LogP contribution in [-0.2, 0) is 9.59 Å². The second-order valence-corrected chi connectivity index (χ2v) is 9.33. The van der Waals surface area contributed by atoms with Crippen LogP contribution in [0.15, 0.2) is 48.8 Å². The van der Waals surface area contributed by atoms with E-state index in [1.165, 1.54) is 18.0 Å². The Morgan fingerprint density at radius 1 is 1.29 bits per heavy atom. The van der Waals surface area contributed by atoms with E-state index >= 15 is 0 Å². The van der Waals surface area contributed by atoms with Gasteiger partial charge in [-0.3, -0.25) is 14.6 Å². The van der Waals surface area contributed by atoms with Gasteiger partial charge in [-0.1, -0.05) is 29.8 Å². The predicted molar refractivity (Wildman–Crippen MR) is 120 cm³/mol. The molecular formula is C22H19ClN4O3S. The quantitative estimate of drug-likeness (QED) is 0.740. The molecule has 0 spiro atoms. The maximum Gasteiger partial charge on any atom is 0.329 e. The smallest absolute Gasteiger partial charge is 0.329 e. The van der Waals surface area contributed by atoms with Gasteiger partial charge in [0.2, 0.25) is 5.91 Å². The monoisotopic (exact) mass is 454 g/mol. The number of fused-ring (bicyclic) bond motifs is 1. The Morgan fingerprint density at radius 2 is 2.10 bits per heavy atom. The van der Waals surface area contributed by atoms with Crippen LogP contribution in [-0.4, -0.2) is 41.2 Å². The second-order valence-electron chi connectivity index (χ2n) is 7.74. The molecule has 0 bridgehead atoms. The van der Waals surface area contributed by atoms with Gasteiger partial charge in [0.1, 0.15) is 5.25 Å². The van der Waals surface area contributed by atoms with Crippen LogP contribution in [0, 0.1) is 5.92 Å². The highest BCUT2D eigenvalue weighted by Crippen LogP contribution is 2.48. The molecule has 2 aromatic rings.